The van der Waals surface area contributed by atoms with Gasteiger partial charge in [-0.1, -0.05) is 119 Å². The van der Waals surface area contributed by atoms with E-state index in [1.54, 1.807) is 0 Å². The minimum absolute atomic E-state index is 0.0278. The fourth-order valence-electron chi connectivity index (χ4n) is 5.11. The van der Waals surface area contributed by atoms with Crippen molar-refractivity contribution in [3.63, 3.8) is 0 Å². The summed E-state index contributed by atoms with van der Waals surface area (Å²) in [6.07, 6.45) is 19.0. The van der Waals surface area contributed by atoms with Crippen molar-refractivity contribution in [2.45, 2.75) is 131 Å². The van der Waals surface area contributed by atoms with Gasteiger partial charge in [-0.3, -0.25) is 0 Å². The van der Waals surface area contributed by atoms with Crippen molar-refractivity contribution in [3.8, 4) is 0 Å². The van der Waals surface area contributed by atoms with Crippen molar-refractivity contribution in [1.82, 2.24) is 0 Å². The molecule has 208 valence electrons. The van der Waals surface area contributed by atoms with Crippen LogP contribution >= 0.6 is 0 Å². The average molecular weight is 489 g/mol. The number of unbranched alkanes of at least 4 members (excludes halogenated alkanes) is 4. The van der Waals surface area contributed by atoms with Gasteiger partial charge < -0.3 is 19.7 Å². The lowest BCUT2D eigenvalue weighted by atomic mass is 9.82. The largest absolute Gasteiger partial charge is 0.394 e. The van der Waals surface area contributed by atoms with Gasteiger partial charge in [0.2, 0.25) is 0 Å². The maximum absolute atomic E-state index is 8.09. The van der Waals surface area contributed by atoms with E-state index in [1.807, 2.05) is 0 Å². The van der Waals surface area contributed by atoms with Crippen LogP contribution in [0.15, 0.2) is 0 Å². The number of rotatable bonds is 24. The van der Waals surface area contributed by atoms with Crippen LogP contribution in [0.5, 0.6) is 0 Å². The molecule has 0 aromatic heterocycles. The molecule has 0 radical (unpaired) electrons. The summed E-state index contributed by atoms with van der Waals surface area (Å²) < 4.78 is 11.1. The Morgan fingerprint density at radius 2 is 0.882 bits per heavy atom. The van der Waals surface area contributed by atoms with Gasteiger partial charge >= 0.3 is 0 Å². The van der Waals surface area contributed by atoms with Crippen molar-refractivity contribution in [1.29, 1.82) is 0 Å². The van der Waals surface area contributed by atoms with Crippen LogP contribution in [0, 0.1) is 23.7 Å². The quantitative estimate of drug-likeness (QED) is 0.135. The van der Waals surface area contributed by atoms with E-state index in [0.717, 1.165) is 36.9 Å². The summed E-state index contributed by atoms with van der Waals surface area (Å²) >= 11 is 0. The fourth-order valence-corrected chi connectivity index (χ4v) is 5.11. The lowest BCUT2D eigenvalue weighted by Crippen LogP contribution is -2.25. The van der Waals surface area contributed by atoms with E-state index in [-0.39, 0.29) is 13.2 Å². The first-order valence-electron chi connectivity index (χ1n) is 15.0. The van der Waals surface area contributed by atoms with Crippen molar-refractivity contribution >= 4 is 0 Å². The second-order valence-electron chi connectivity index (χ2n) is 10.0. The molecular formula is C30H64O4. The van der Waals surface area contributed by atoms with Gasteiger partial charge in [-0.05, 0) is 36.5 Å². The van der Waals surface area contributed by atoms with Gasteiger partial charge in [0.15, 0.2) is 0 Å². The Morgan fingerprint density at radius 3 is 1.18 bits per heavy atom. The number of hydrogen-bond acceptors (Lipinski definition) is 4. The van der Waals surface area contributed by atoms with Gasteiger partial charge in [0.05, 0.1) is 26.4 Å². The summed E-state index contributed by atoms with van der Waals surface area (Å²) in [5, 5.41) is 16.2. The summed E-state index contributed by atoms with van der Waals surface area (Å²) in [5.41, 5.74) is 0. The zero-order chi connectivity index (χ0) is 25.9. The van der Waals surface area contributed by atoms with E-state index in [2.05, 4.69) is 46.3 Å². The molecule has 4 nitrogen and oxygen atoms in total. The lowest BCUT2D eigenvalue weighted by Gasteiger charge is -2.29. The first-order chi connectivity index (χ1) is 16.6. The molecule has 0 bridgehead atoms. The number of aliphatic hydroxyl groups is 2. The van der Waals surface area contributed by atoms with E-state index in [9.17, 15) is 0 Å². The summed E-state index contributed by atoms with van der Waals surface area (Å²) in [4.78, 5) is 0. The van der Waals surface area contributed by atoms with Crippen LogP contribution in [0.2, 0.25) is 0 Å². The molecular weight excluding hydrogens is 424 g/mol. The van der Waals surface area contributed by atoms with Gasteiger partial charge in [-0.15, -0.1) is 0 Å². The van der Waals surface area contributed by atoms with E-state index >= 15 is 0 Å². The van der Waals surface area contributed by atoms with E-state index < -0.39 is 0 Å². The highest BCUT2D eigenvalue weighted by atomic mass is 16.5. The van der Waals surface area contributed by atoms with Crippen LogP contribution in [0.3, 0.4) is 0 Å². The predicted octanol–water partition coefficient (Wildman–Crippen LogP) is 8.04. The maximum Gasteiger partial charge on any atom is 0.0698 e. The lowest BCUT2D eigenvalue weighted by molar-refractivity contribution is 0.0282. The van der Waals surface area contributed by atoms with Gasteiger partial charge in [-0.2, -0.15) is 0 Å². The van der Waals surface area contributed by atoms with Crippen molar-refractivity contribution in [3.05, 3.63) is 0 Å². The smallest absolute Gasteiger partial charge is 0.0698 e. The van der Waals surface area contributed by atoms with Crippen LogP contribution < -0.4 is 0 Å². The highest BCUT2D eigenvalue weighted by Gasteiger charge is 2.22. The van der Waals surface area contributed by atoms with Gasteiger partial charge in [-0.25, -0.2) is 0 Å². The highest BCUT2D eigenvalue weighted by molar-refractivity contribution is 4.72. The van der Waals surface area contributed by atoms with Crippen molar-refractivity contribution in [2.24, 2.45) is 23.7 Å². The number of hydrogen-bond donors (Lipinski definition) is 2. The molecule has 0 aliphatic heterocycles. The summed E-state index contributed by atoms with van der Waals surface area (Å²) in [5.74, 6) is 3.29. The molecule has 0 aromatic carbocycles. The predicted molar refractivity (Wildman–Crippen MR) is 148 cm³/mol. The minimum atomic E-state index is 0.0278. The summed E-state index contributed by atoms with van der Waals surface area (Å²) in [6, 6.07) is 0. The first kappa shape index (κ1) is 36.0. The van der Waals surface area contributed by atoms with Crippen LogP contribution in [0.1, 0.15) is 131 Å². The van der Waals surface area contributed by atoms with Crippen LogP contribution in [-0.2, 0) is 9.47 Å². The Labute approximate surface area is 214 Å². The highest BCUT2D eigenvalue weighted by Crippen LogP contribution is 2.29. The van der Waals surface area contributed by atoms with Gasteiger partial charge in [0.1, 0.15) is 0 Å². The normalized spacial score (nSPS) is 14.8. The van der Waals surface area contributed by atoms with Crippen LogP contribution in [-0.4, -0.2) is 49.9 Å². The number of ether oxygens (including phenoxy) is 2. The topological polar surface area (TPSA) is 58.9 Å². The average Bonchev–Trinajstić information content (AvgIpc) is 2.84. The van der Waals surface area contributed by atoms with E-state index in [1.165, 1.54) is 89.9 Å². The third-order valence-electron chi connectivity index (χ3n) is 7.19. The van der Waals surface area contributed by atoms with Crippen LogP contribution in [0.25, 0.3) is 0 Å². The molecule has 0 saturated carbocycles. The first-order valence-corrected chi connectivity index (χ1v) is 15.0. The molecule has 34 heavy (non-hydrogen) atoms. The van der Waals surface area contributed by atoms with E-state index in [4.69, 9.17) is 14.9 Å². The monoisotopic (exact) mass is 488 g/mol. The molecule has 0 rings (SSSR count). The third-order valence-corrected chi connectivity index (χ3v) is 7.19. The minimum Gasteiger partial charge on any atom is -0.394 e. The van der Waals surface area contributed by atoms with Crippen LogP contribution in [0.4, 0.5) is 0 Å². The SMILES string of the molecule is CCCCCC(CC)C(CCC)COCC(CCC)C(CC)CCCCC.OCCOCCO. The number of aliphatic hydroxyl groups excluding tert-OH is 2. The molecule has 0 fully saturated rings. The zero-order valence-electron chi connectivity index (χ0n) is 24.2. The molecule has 4 unspecified atom stereocenters. The molecule has 0 heterocycles. The Hall–Kier alpha value is -0.160. The van der Waals surface area contributed by atoms with Gasteiger partial charge in [0, 0.05) is 13.2 Å². The molecule has 2 N–H and O–H groups in total. The zero-order valence-corrected chi connectivity index (χ0v) is 24.2. The van der Waals surface area contributed by atoms with Gasteiger partial charge in [0.25, 0.3) is 0 Å². The van der Waals surface area contributed by atoms with E-state index in [0.29, 0.717) is 13.2 Å². The Bertz CT molecular complexity index is 332. The standard InChI is InChI=1S/C26H54O.C4H10O3/c1-7-13-15-19-23(11-5)25(17-9-3)21-27-22-26(18-10-4)24(12-6)20-16-14-8-2;5-1-3-7-4-2-6/h23-26H,7-22H2,1-6H3;5-6H,1-4H2. The third kappa shape index (κ3) is 21.1. The second kappa shape index (κ2) is 29.1. The Balaban J connectivity index is 0. The fraction of sp³-hybridized carbons (Fsp3) is 1.00. The molecule has 0 aliphatic carbocycles. The molecule has 0 spiro atoms. The second-order valence-corrected chi connectivity index (χ2v) is 10.0. The summed E-state index contributed by atoms with van der Waals surface area (Å²) in [6.45, 7) is 16.8. The molecule has 0 amide bonds. The molecule has 0 saturated heterocycles. The summed E-state index contributed by atoms with van der Waals surface area (Å²) in [7, 11) is 0. The Kier molecular flexibility index (Phi) is 30.8. The molecule has 0 aliphatic rings. The molecule has 4 atom stereocenters. The molecule has 4 heteroatoms. The Morgan fingerprint density at radius 1 is 0.471 bits per heavy atom. The van der Waals surface area contributed by atoms with Crippen molar-refractivity contribution in [2.75, 3.05) is 39.6 Å². The maximum atomic E-state index is 8.09. The molecule has 0 aromatic rings. The van der Waals surface area contributed by atoms with Crippen molar-refractivity contribution < 1.29 is 19.7 Å².